The van der Waals surface area contributed by atoms with Crippen LogP contribution in [-0.4, -0.2) is 16.8 Å². The smallest absolute Gasteiger partial charge is 0.257 e. The van der Waals surface area contributed by atoms with Crippen molar-refractivity contribution in [2.24, 2.45) is 0 Å². The molecule has 3 aromatic rings. The minimum atomic E-state index is -1.14. The van der Waals surface area contributed by atoms with E-state index in [1.165, 1.54) is 24.4 Å². The number of amides is 2. The summed E-state index contributed by atoms with van der Waals surface area (Å²) in [5.41, 5.74) is 0.712. The van der Waals surface area contributed by atoms with Crippen LogP contribution in [0, 0.1) is 17.5 Å². The number of hydrogen-bond donors (Lipinski definition) is 2. The molecular formula is C18H12F3N3O2S. The summed E-state index contributed by atoms with van der Waals surface area (Å²) in [4.78, 5) is 27.2. The number of aromatic nitrogens is 1. The van der Waals surface area contributed by atoms with Gasteiger partial charge in [-0.1, -0.05) is 0 Å². The summed E-state index contributed by atoms with van der Waals surface area (Å²) in [6.07, 6.45) is 0. The first kappa shape index (κ1) is 18.6. The standard InChI is InChI=1S/C18H12F3N3O2S/c1-9(25)22-11-3-4-12(14(20)7-11)16-8-27-18(23-16)24-17(26)10-2-5-13(19)15(21)6-10/h2-8H,1H3,(H,22,25)(H,23,24,26). The monoisotopic (exact) mass is 391 g/mol. The molecule has 3 rings (SSSR count). The van der Waals surface area contributed by atoms with Crippen LogP contribution in [0.1, 0.15) is 17.3 Å². The van der Waals surface area contributed by atoms with Gasteiger partial charge >= 0.3 is 0 Å². The Bertz CT molecular complexity index is 1040. The van der Waals surface area contributed by atoms with Crippen molar-refractivity contribution in [2.45, 2.75) is 6.92 Å². The molecular weight excluding hydrogens is 379 g/mol. The summed E-state index contributed by atoms with van der Waals surface area (Å²) in [5, 5.41) is 6.63. The largest absolute Gasteiger partial charge is 0.326 e. The zero-order valence-electron chi connectivity index (χ0n) is 13.8. The SMILES string of the molecule is CC(=O)Nc1ccc(-c2csc(NC(=O)c3ccc(F)c(F)c3)n2)c(F)c1. The first-order valence-corrected chi connectivity index (χ1v) is 8.51. The molecule has 0 unspecified atom stereocenters. The molecule has 0 bridgehead atoms. The van der Waals surface area contributed by atoms with E-state index >= 15 is 0 Å². The molecule has 2 amide bonds. The summed E-state index contributed by atoms with van der Waals surface area (Å²) >= 11 is 1.05. The molecule has 0 aliphatic rings. The number of carbonyl (C=O) groups is 2. The predicted octanol–water partition coefficient (Wildman–Crippen LogP) is 4.44. The summed E-state index contributed by atoms with van der Waals surface area (Å²) in [7, 11) is 0. The van der Waals surface area contributed by atoms with Gasteiger partial charge in [0.2, 0.25) is 5.91 Å². The van der Waals surface area contributed by atoms with Gasteiger partial charge in [-0.3, -0.25) is 14.9 Å². The van der Waals surface area contributed by atoms with Crippen LogP contribution in [0.4, 0.5) is 24.0 Å². The number of nitrogens with zero attached hydrogens (tertiary/aromatic N) is 1. The third-order valence-corrected chi connectivity index (χ3v) is 4.23. The second-order valence-corrected chi connectivity index (χ2v) is 6.35. The molecule has 0 spiro atoms. The Labute approximate surface area is 155 Å². The van der Waals surface area contributed by atoms with Gasteiger partial charge in [0, 0.05) is 29.1 Å². The Morgan fingerprint density at radius 3 is 2.41 bits per heavy atom. The maximum absolute atomic E-state index is 14.3. The highest BCUT2D eigenvalue weighted by molar-refractivity contribution is 7.14. The van der Waals surface area contributed by atoms with Gasteiger partial charge in [-0.25, -0.2) is 18.2 Å². The highest BCUT2D eigenvalue weighted by atomic mass is 32.1. The van der Waals surface area contributed by atoms with Crippen molar-refractivity contribution in [1.82, 2.24) is 4.98 Å². The van der Waals surface area contributed by atoms with Crippen molar-refractivity contribution in [3.8, 4) is 11.3 Å². The lowest BCUT2D eigenvalue weighted by Gasteiger charge is -2.05. The molecule has 27 heavy (non-hydrogen) atoms. The molecule has 0 saturated carbocycles. The van der Waals surface area contributed by atoms with Crippen LogP contribution in [0.25, 0.3) is 11.3 Å². The Kier molecular flexibility index (Phi) is 5.22. The zero-order chi connectivity index (χ0) is 19.6. The number of hydrogen-bond acceptors (Lipinski definition) is 4. The minimum Gasteiger partial charge on any atom is -0.326 e. The van der Waals surface area contributed by atoms with Crippen molar-refractivity contribution in [3.63, 3.8) is 0 Å². The van der Waals surface area contributed by atoms with Crippen LogP contribution in [0.15, 0.2) is 41.8 Å². The summed E-state index contributed by atoms with van der Waals surface area (Å²) in [6.45, 7) is 1.31. The van der Waals surface area contributed by atoms with E-state index in [0.29, 0.717) is 5.69 Å². The lowest BCUT2D eigenvalue weighted by atomic mass is 10.1. The van der Waals surface area contributed by atoms with E-state index in [0.717, 1.165) is 35.6 Å². The highest BCUT2D eigenvalue weighted by Gasteiger charge is 2.14. The van der Waals surface area contributed by atoms with Crippen molar-refractivity contribution in [2.75, 3.05) is 10.6 Å². The molecule has 0 aliphatic heterocycles. The molecule has 2 N–H and O–H groups in total. The average molecular weight is 391 g/mol. The quantitative estimate of drug-likeness (QED) is 0.691. The Morgan fingerprint density at radius 2 is 1.74 bits per heavy atom. The third-order valence-electron chi connectivity index (χ3n) is 3.47. The van der Waals surface area contributed by atoms with E-state index in [1.807, 2.05) is 0 Å². The number of nitrogens with one attached hydrogen (secondary N) is 2. The van der Waals surface area contributed by atoms with E-state index in [9.17, 15) is 22.8 Å². The number of benzene rings is 2. The number of thiazole rings is 1. The fourth-order valence-corrected chi connectivity index (χ4v) is 2.97. The molecule has 1 aromatic heterocycles. The van der Waals surface area contributed by atoms with Gasteiger partial charge in [0.15, 0.2) is 16.8 Å². The first-order valence-electron chi connectivity index (χ1n) is 7.63. The summed E-state index contributed by atoms with van der Waals surface area (Å²) < 4.78 is 40.4. The number of halogens is 3. The van der Waals surface area contributed by atoms with Gasteiger partial charge < -0.3 is 5.32 Å². The van der Waals surface area contributed by atoms with Crippen molar-refractivity contribution in [1.29, 1.82) is 0 Å². The van der Waals surface area contributed by atoms with Gasteiger partial charge in [0.25, 0.3) is 5.91 Å². The molecule has 9 heteroatoms. The van der Waals surface area contributed by atoms with E-state index in [2.05, 4.69) is 15.6 Å². The van der Waals surface area contributed by atoms with Crippen molar-refractivity contribution >= 4 is 34.0 Å². The molecule has 0 saturated heterocycles. The topological polar surface area (TPSA) is 71.1 Å². The Hall–Kier alpha value is -3.20. The van der Waals surface area contributed by atoms with Crippen LogP contribution in [0.5, 0.6) is 0 Å². The Morgan fingerprint density at radius 1 is 0.963 bits per heavy atom. The summed E-state index contributed by atoms with van der Waals surface area (Å²) in [5.74, 6) is -3.77. The van der Waals surface area contributed by atoms with Crippen molar-refractivity contribution < 1.29 is 22.8 Å². The minimum absolute atomic E-state index is 0.0727. The molecule has 5 nitrogen and oxygen atoms in total. The third kappa shape index (κ3) is 4.32. The van der Waals surface area contributed by atoms with Gasteiger partial charge in [-0.05, 0) is 36.4 Å². The van der Waals surface area contributed by atoms with Crippen LogP contribution in [-0.2, 0) is 4.79 Å². The van der Waals surface area contributed by atoms with Gasteiger partial charge in [-0.2, -0.15) is 0 Å². The maximum Gasteiger partial charge on any atom is 0.257 e. The average Bonchev–Trinajstić information content (AvgIpc) is 3.05. The van der Waals surface area contributed by atoms with Gasteiger partial charge in [0.1, 0.15) is 5.82 Å². The van der Waals surface area contributed by atoms with E-state index in [-0.39, 0.29) is 27.9 Å². The van der Waals surface area contributed by atoms with Crippen LogP contribution in [0.2, 0.25) is 0 Å². The highest BCUT2D eigenvalue weighted by Crippen LogP contribution is 2.29. The number of rotatable bonds is 4. The lowest BCUT2D eigenvalue weighted by molar-refractivity contribution is -0.114. The normalized spacial score (nSPS) is 10.5. The van der Waals surface area contributed by atoms with Gasteiger partial charge in [-0.15, -0.1) is 11.3 Å². The predicted molar refractivity (Wildman–Crippen MR) is 96.1 cm³/mol. The van der Waals surface area contributed by atoms with Crippen LogP contribution < -0.4 is 10.6 Å². The van der Waals surface area contributed by atoms with E-state index in [1.54, 1.807) is 0 Å². The van der Waals surface area contributed by atoms with Crippen molar-refractivity contribution in [3.05, 3.63) is 64.8 Å². The second kappa shape index (κ2) is 7.58. The molecule has 1 heterocycles. The van der Waals surface area contributed by atoms with E-state index < -0.39 is 23.4 Å². The molecule has 0 fully saturated rings. The summed E-state index contributed by atoms with van der Waals surface area (Å²) in [6, 6.07) is 6.91. The molecule has 0 aliphatic carbocycles. The molecule has 2 aromatic carbocycles. The molecule has 0 atom stereocenters. The molecule has 0 radical (unpaired) electrons. The Balaban J connectivity index is 1.77. The van der Waals surface area contributed by atoms with Gasteiger partial charge in [0.05, 0.1) is 5.69 Å². The first-order chi connectivity index (χ1) is 12.8. The van der Waals surface area contributed by atoms with E-state index in [4.69, 9.17) is 0 Å². The van der Waals surface area contributed by atoms with Crippen LogP contribution in [0.3, 0.4) is 0 Å². The maximum atomic E-state index is 14.3. The fraction of sp³-hybridized carbons (Fsp3) is 0.0556. The molecule has 138 valence electrons. The lowest BCUT2D eigenvalue weighted by Crippen LogP contribution is -2.12. The second-order valence-electron chi connectivity index (χ2n) is 5.50. The fourth-order valence-electron chi connectivity index (χ4n) is 2.27. The van der Waals surface area contributed by atoms with Crippen LogP contribution >= 0.6 is 11.3 Å². The number of carbonyl (C=O) groups excluding carboxylic acids is 2. The zero-order valence-corrected chi connectivity index (χ0v) is 14.7. The number of anilines is 2.